The predicted octanol–water partition coefficient (Wildman–Crippen LogP) is 4.55. The Bertz CT molecular complexity index is 786. The van der Waals surface area contributed by atoms with Crippen molar-refractivity contribution in [3.8, 4) is 0 Å². The molecule has 0 saturated heterocycles. The SMILES string of the molecule is CCCCC(=O)C(C)C=C(C)C(O)C(C)C=CC=CCCC(O)CC1=C(C)C(=O)C(C)(O)O1. The number of carbonyl (C=O) groups excluding carboxylic acids is 2. The Kier molecular flexibility index (Phi) is 12.0. The number of rotatable bonds is 14. The summed E-state index contributed by atoms with van der Waals surface area (Å²) in [6.07, 6.45) is 11.9. The summed E-state index contributed by atoms with van der Waals surface area (Å²) in [5.41, 5.74) is 1.15. The van der Waals surface area contributed by atoms with E-state index in [1.807, 2.05) is 51.2 Å². The van der Waals surface area contributed by atoms with Crippen molar-refractivity contribution in [3.05, 3.63) is 47.3 Å². The van der Waals surface area contributed by atoms with Crippen molar-refractivity contribution in [1.29, 1.82) is 0 Å². The van der Waals surface area contributed by atoms with Crippen LogP contribution in [0.5, 0.6) is 0 Å². The highest BCUT2D eigenvalue weighted by atomic mass is 16.6. The van der Waals surface area contributed by atoms with Gasteiger partial charge in [-0.2, -0.15) is 0 Å². The number of hydrogen-bond donors (Lipinski definition) is 3. The minimum absolute atomic E-state index is 0.103. The number of hydrogen-bond acceptors (Lipinski definition) is 6. The third kappa shape index (κ3) is 9.40. The topological polar surface area (TPSA) is 104 Å². The van der Waals surface area contributed by atoms with E-state index in [1.54, 1.807) is 6.92 Å². The number of unbranched alkanes of at least 4 members (excludes halogenated alkanes) is 1. The molecule has 5 atom stereocenters. The normalized spacial score (nSPS) is 23.3. The van der Waals surface area contributed by atoms with Gasteiger partial charge in [0.1, 0.15) is 11.5 Å². The molecule has 1 aliphatic rings. The van der Waals surface area contributed by atoms with Gasteiger partial charge in [0.15, 0.2) is 0 Å². The van der Waals surface area contributed by atoms with Crippen LogP contribution in [0.4, 0.5) is 0 Å². The van der Waals surface area contributed by atoms with Gasteiger partial charge in [0.25, 0.3) is 5.79 Å². The molecule has 0 aliphatic carbocycles. The highest BCUT2D eigenvalue weighted by Gasteiger charge is 2.42. The van der Waals surface area contributed by atoms with Crippen LogP contribution in [0.25, 0.3) is 0 Å². The second kappa shape index (κ2) is 13.6. The fourth-order valence-electron chi connectivity index (χ4n) is 3.74. The van der Waals surface area contributed by atoms with Crippen molar-refractivity contribution >= 4 is 11.6 Å². The molecule has 6 heteroatoms. The number of ketones is 2. The minimum atomic E-state index is -1.83. The Labute approximate surface area is 198 Å². The van der Waals surface area contributed by atoms with Crippen LogP contribution in [0, 0.1) is 11.8 Å². The largest absolute Gasteiger partial charge is 0.459 e. The molecule has 1 rings (SSSR count). The lowest BCUT2D eigenvalue weighted by atomic mass is 9.93. The standard InChI is InChI=1S/C27H42O6/c1-7-8-15-23(29)19(3)16-20(4)25(30)18(2)13-11-9-10-12-14-22(28)17-24-21(5)26(31)27(6,32)33-24/h9-11,13,16,18-19,22,25,28,30,32H,7-8,12,14-15,17H2,1-6H3. The number of aliphatic hydroxyl groups excluding tert-OH is 2. The highest BCUT2D eigenvalue weighted by molar-refractivity contribution is 6.02. The van der Waals surface area contributed by atoms with Crippen molar-refractivity contribution < 1.29 is 29.6 Å². The van der Waals surface area contributed by atoms with Crippen LogP contribution < -0.4 is 0 Å². The first-order chi connectivity index (χ1) is 15.4. The smallest absolute Gasteiger partial charge is 0.269 e. The first-order valence-corrected chi connectivity index (χ1v) is 12.0. The van der Waals surface area contributed by atoms with Crippen molar-refractivity contribution in [2.75, 3.05) is 0 Å². The summed E-state index contributed by atoms with van der Waals surface area (Å²) in [4.78, 5) is 23.9. The molecule has 0 radical (unpaired) electrons. The van der Waals surface area contributed by atoms with Gasteiger partial charge in [-0.25, -0.2) is 0 Å². The maximum absolute atomic E-state index is 12.1. The van der Waals surface area contributed by atoms with Crippen molar-refractivity contribution in [1.82, 2.24) is 0 Å². The van der Waals surface area contributed by atoms with Crippen LogP contribution in [0.3, 0.4) is 0 Å². The average Bonchev–Trinajstić information content (AvgIpc) is 2.95. The zero-order chi connectivity index (χ0) is 25.2. The van der Waals surface area contributed by atoms with Gasteiger partial charge < -0.3 is 20.1 Å². The molecule has 0 aromatic rings. The van der Waals surface area contributed by atoms with E-state index >= 15 is 0 Å². The number of aliphatic hydroxyl groups is 3. The first-order valence-electron chi connectivity index (χ1n) is 12.0. The zero-order valence-electron chi connectivity index (χ0n) is 21.0. The van der Waals surface area contributed by atoms with E-state index in [-0.39, 0.29) is 24.0 Å². The van der Waals surface area contributed by atoms with Crippen molar-refractivity contribution in [2.45, 2.75) is 98.1 Å². The van der Waals surface area contributed by atoms with E-state index in [4.69, 9.17) is 4.74 Å². The summed E-state index contributed by atoms with van der Waals surface area (Å²) in [6.45, 7) is 10.6. The lowest BCUT2D eigenvalue weighted by molar-refractivity contribution is -0.171. The summed E-state index contributed by atoms with van der Waals surface area (Å²) in [5.74, 6) is -2.04. The Morgan fingerprint density at radius 3 is 2.45 bits per heavy atom. The lowest BCUT2D eigenvalue weighted by Gasteiger charge is -2.18. The summed E-state index contributed by atoms with van der Waals surface area (Å²) in [7, 11) is 0. The van der Waals surface area contributed by atoms with E-state index in [0.29, 0.717) is 30.6 Å². The van der Waals surface area contributed by atoms with Crippen molar-refractivity contribution in [3.63, 3.8) is 0 Å². The molecule has 0 spiro atoms. The van der Waals surface area contributed by atoms with Crippen LogP contribution in [-0.2, 0) is 14.3 Å². The Morgan fingerprint density at radius 2 is 1.88 bits per heavy atom. The van der Waals surface area contributed by atoms with Gasteiger partial charge in [0, 0.05) is 37.2 Å². The van der Waals surface area contributed by atoms with Gasteiger partial charge in [-0.3, -0.25) is 9.59 Å². The molecular weight excluding hydrogens is 420 g/mol. The van der Waals surface area contributed by atoms with Crippen LogP contribution in [0.1, 0.15) is 80.1 Å². The molecule has 33 heavy (non-hydrogen) atoms. The fourth-order valence-corrected chi connectivity index (χ4v) is 3.74. The second-order valence-corrected chi connectivity index (χ2v) is 9.28. The molecule has 0 bridgehead atoms. The van der Waals surface area contributed by atoms with Crippen LogP contribution in [0.15, 0.2) is 47.3 Å². The Balaban J connectivity index is 2.44. The molecule has 0 aromatic heterocycles. The Hall–Kier alpha value is -2.02. The third-order valence-electron chi connectivity index (χ3n) is 6.01. The molecule has 0 saturated carbocycles. The summed E-state index contributed by atoms with van der Waals surface area (Å²) in [5, 5.41) is 30.6. The molecule has 0 aromatic carbocycles. The highest BCUT2D eigenvalue weighted by Crippen LogP contribution is 2.31. The third-order valence-corrected chi connectivity index (χ3v) is 6.01. The van der Waals surface area contributed by atoms with Gasteiger partial charge in [-0.05, 0) is 38.7 Å². The van der Waals surface area contributed by atoms with Crippen LogP contribution >= 0.6 is 0 Å². The number of Topliss-reactive ketones (excluding diaryl/α,β-unsaturated/α-hetero) is 2. The molecule has 3 N–H and O–H groups in total. The van der Waals surface area contributed by atoms with Gasteiger partial charge in [-0.1, -0.05) is 57.6 Å². The van der Waals surface area contributed by atoms with Gasteiger partial charge in [0.2, 0.25) is 5.78 Å². The van der Waals surface area contributed by atoms with E-state index in [1.165, 1.54) is 6.92 Å². The van der Waals surface area contributed by atoms with E-state index in [0.717, 1.165) is 18.4 Å². The van der Waals surface area contributed by atoms with Crippen LogP contribution in [-0.4, -0.2) is 44.9 Å². The monoisotopic (exact) mass is 462 g/mol. The molecule has 1 aliphatic heterocycles. The maximum Gasteiger partial charge on any atom is 0.269 e. The first kappa shape index (κ1) is 29.0. The van der Waals surface area contributed by atoms with Crippen LogP contribution in [0.2, 0.25) is 0 Å². The number of allylic oxidation sites excluding steroid dienone is 4. The Morgan fingerprint density at radius 1 is 1.21 bits per heavy atom. The quantitative estimate of drug-likeness (QED) is 0.258. The molecule has 6 nitrogen and oxygen atoms in total. The van der Waals surface area contributed by atoms with E-state index in [2.05, 4.69) is 6.92 Å². The second-order valence-electron chi connectivity index (χ2n) is 9.28. The molecule has 1 heterocycles. The molecule has 0 fully saturated rings. The van der Waals surface area contributed by atoms with E-state index < -0.39 is 23.8 Å². The van der Waals surface area contributed by atoms with Gasteiger partial charge >= 0.3 is 0 Å². The van der Waals surface area contributed by atoms with Crippen molar-refractivity contribution in [2.24, 2.45) is 11.8 Å². The molecule has 5 unspecified atom stereocenters. The number of ether oxygens (including phenoxy) is 1. The van der Waals surface area contributed by atoms with Gasteiger partial charge in [0.05, 0.1) is 12.2 Å². The predicted molar refractivity (Wildman–Crippen MR) is 130 cm³/mol. The maximum atomic E-state index is 12.1. The van der Waals surface area contributed by atoms with E-state index in [9.17, 15) is 24.9 Å². The molecule has 0 amide bonds. The summed E-state index contributed by atoms with van der Waals surface area (Å²) in [6, 6.07) is 0. The zero-order valence-corrected chi connectivity index (χ0v) is 21.0. The molecular formula is C27H42O6. The molecule has 186 valence electrons. The summed E-state index contributed by atoms with van der Waals surface area (Å²) >= 11 is 0. The van der Waals surface area contributed by atoms with Gasteiger partial charge in [-0.15, -0.1) is 0 Å². The average molecular weight is 463 g/mol. The lowest BCUT2D eigenvalue weighted by Crippen LogP contribution is -2.32. The minimum Gasteiger partial charge on any atom is -0.459 e. The fraction of sp³-hybridized carbons (Fsp3) is 0.630. The summed E-state index contributed by atoms with van der Waals surface area (Å²) < 4.78 is 5.26. The number of carbonyl (C=O) groups is 2.